The maximum absolute atomic E-state index is 5.54. The van der Waals surface area contributed by atoms with Crippen molar-refractivity contribution in [1.82, 2.24) is 4.98 Å². The molecule has 1 N–H and O–H groups in total. The van der Waals surface area contributed by atoms with E-state index in [0.29, 0.717) is 13.2 Å². The van der Waals surface area contributed by atoms with E-state index in [9.17, 15) is 0 Å². The first-order valence-corrected chi connectivity index (χ1v) is 5.16. The second kappa shape index (κ2) is 3.36. The number of para-hydroxylation sites is 1. The Morgan fingerprint density at radius 1 is 1.20 bits per heavy atom. The molecule has 1 aromatic heterocycles. The molecule has 0 atom stereocenters. The topological polar surface area (TPSA) is 34.2 Å². The Labute approximate surface area is 88.0 Å². The Bertz CT molecular complexity index is 483. The zero-order valence-corrected chi connectivity index (χ0v) is 8.62. The van der Waals surface area contributed by atoms with Crippen molar-refractivity contribution >= 4 is 10.9 Å². The van der Waals surface area contributed by atoms with E-state index in [2.05, 4.69) is 24.0 Å². The van der Waals surface area contributed by atoms with Crippen LogP contribution in [0.25, 0.3) is 10.9 Å². The number of hydrogen-bond acceptors (Lipinski definition) is 2. The van der Waals surface area contributed by atoms with Crippen molar-refractivity contribution in [1.29, 1.82) is 0 Å². The van der Waals surface area contributed by atoms with Crippen LogP contribution in [0.1, 0.15) is 17.5 Å². The lowest BCUT2D eigenvalue weighted by atomic mass is 10.1. The van der Waals surface area contributed by atoms with Crippen LogP contribution in [-0.2, 0) is 9.47 Å². The van der Waals surface area contributed by atoms with Gasteiger partial charge in [0, 0.05) is 22.2 Å². The van der Waals surface area contributed by atoms with Gasteiger partial charge in [0.15, 0.2) is 6.29 Å². The summed E-state index contributed by atoms with van der Waals surface area (Å²) in [6.45, 7) is 3.42. The molecule has 0 bridgehead atoms. The number of aromatic nitrogens is 1. The molecule has 15 heavy (non-hydrogen) atoms. The van der Waals surface area contributed by atoms with E-state index in [1.807, 2.05) is 12.1 Å². The molecule has 1 fully saturated rings. The average molecular weight is 203 g/mol. The van der Waals surface area contributed by atoms with Crippen LogP contribution >= 0.6 is 0 Å². The van der Waals surface area contributed by atoms with Gasteiger partial charge in [-0.15, -0.1) is 0 Å². The van der Waals surface area contributed by atoms with Crippen molar-refractivity contribution in [3.63, 3.8) is 0 Å². The molecule has 1 aliphatic heterocycles. The lowest BCUT2D eigenvalue weighted by molar-refractivity contribution is -0.0434. The van der Waals surface area contributed by atoms with E-state index in [1.54, 1.807) is 0 Å². The number of H-pyrrole nitrogens is 1. The van der Waals surface area contributed by atoms with Crippen LogP contribution in [0.5, 0.6) is 0 Å². The molecule has 1 saturated heterocycles. The van der Waals surface area contributed by atoms with Crippen LogP contribution in [-0.4, -0.2) is 18.2 Å². The van der Waals surface area contributed by atoms with Gasteiger partial charge in [-0.05, 0) is 13.0 Å². The Morgan fingerprint density at radius 3 is 2.73 bits per heavy atom. The van der Waals surface area contributed by atoms with Crippen LogP contribution < -0.4 is 0 Å². The normalized spacial score (nSPS) is 17.7. The average Bonchev–Trinajstić information content (AvgIpc) is 2.82. The highest BCUT2D eigenvalue weighted by Crippen LogP contribution is 2.32. The highest BCUT2D eigenvalue weighted by Gasteiger charge is 2.23. The first kappa shape index (κ1) is 8.95. The molecule has 0 aliphatic carbocycles. The third kappa shape index (κ3) is 1.35. The molecule has 3 nitrogen and oxygen atoms in total. The highest BCUT2D eigenvalue weighted by atomic mass is 16.7. The van der Waals surface area contributed by atoms with Crippen LogP contribution in [0.3, 0.4) is 0 Å². The van der Waals surface area contributed by atoms with Crippen LogP contribution in [0.2, 0.25) is 0 Å². The molecule has 1 aromatic carbocycles. The highest BCUT2D eigenvalue weighted by molar-refractivity contribution is 5.84. The van der Waals surface area contributed by atoms with Gasteiger partial charge >= 0.3 is 0 Å². The summed E-state index contributed by atoms with van der Waals surface area (Å²) in [5, 5.41) is 1.20. The molecule has 0 radical (unpaired) electrons. The van der Waals surface area contributed by atoms with Crippen molar-refractivity contribution in [2.45, 2.75) is 13.2 Å². The van der Waals surface area contributed by atoms with Gasteiger partial charge in [0.05, 0.1) is 13.2 Å². The molecular formula is C12H13NO2. The summed E-state index contributed by atoms with van der Waals surface area (Å²) < 4.78 is 11.1. The van der Waals surface area contributed by atoms with Gasteiger partial charge in [-0.2, -0.15) is 0 Å². The van der Waals surface area contributed by atoms with Gasteiger partial charge in [0.1, 0.15) is 0 Å². The second-order valence-corrected chi connectivity index (χ2v) is 3.78. The summed E-state index contributed by atoms with van der Waals surface area (Å²) in [7, 11) is 0. The van der Waals surface area contributed by atoms with E-state index in [-0.39, 0.29) is 6.29 Å². The fraction of sp³-hybridized carbons (Fsp3) is 0.333. The van der Waals surface area contributed by atoms with Crippen molar-refractivity contribution in [3.8, 4) is 0 Å². The number of aryl methyl sites for hydroxylation is 1. The summed E-state index contributed by atoms with van der Waals surface area (Å²) >= 11 is 0. The number of rotatable bonds is 1. The maximum Gasteiger partial charge on any atom is 0.186 e. The molecule has 0 unspecified atom stereocenters. The summed E-state index contributed by atoms with van der Waals surface area (Å²) in [4.78, 5) is 3.34. The van der Waals surface area contributed by atoms with E-state index in [0.717, 1.165) is 16.8 Å². The lowest BCUT2D eigenvalue weighted by Gasteiger charge is -2.08. The van der Waals surface area contributed by atoms with Gasteiger partial charge in [0.2, 0.25) is 0 Å². The first-order valence-electron chi connectivity index (χ1n) is 5.16. The lowest BCUT2D eigenvalue weighted by Crippen LogP contribution is -1.98. The van der Waals surface area contributed by atoms with Crippen molar-refractivity contribution in [2.24, 2.45) is 0 Å². The SMILES string of the molecule is Cc1[nH]c2ccccc2c1C1OCCO1. The molecule has 2 aromatic rings. The largest absolute Gasteiger partial charge is 0.358 e. The predicted molar refractivity (Wildman–Crippen MR) is 57.7 cm³/mol. The molecular weight excluding hydrogens is 190 g/mol. The minimum Gasteiger partial charge on any atom is -0.358 e. The van der Waals surface area contributed by atoms with Gasteiger partial charge in [-0.3, -0.25) is 0 Å². The molecule has 78 valence electrons. The zero-order chi connectivity index (χ0) is 10.3. The molecule has 2 heterocycles. The summed E-state index contributed by atoms with van der Waals surface area (Å²) in [5.74, 6) is 0. The molecule has 0 spiro atoms. The first-order chi connectivity index (χ1) is 7.36. The van der Waals surface area contributed by atoms with Gasteiger partial charge < -0.3 is 14.5 Å². The van der Waals surface area contributed by atoms with Crippen molar-refractivity contribution < 1.29 is 9.47 Å². The van der Waals surface area contributed by atoms with E-state index in [1.165, 1.54) is 5.39 Å². The molecule has 3 heteroatoms. The predicted octanol–water partition coefficient (Wildman–Crippen LogP) is 2.52. The Kier molecular flexibility index (Phi) is 2.01. The molecule has 0 amide bonds. The number of fused-ring (bicyclic) bond motifs is 1. The Hall–Kier alpha value is -1.32. The minimum atomic E-state index is -0.193. The van der Waals surface area contributed by atoms with Gasteiger partial charge in [-0.25, -0.2) is 0 Å². The van der Waals surface area contributed by atoms with Crippen LogP contribution in [0.15, 0.2) is 24.3 Å². The van der Waals surface area contributed by atoms with E-state index < -0.39 is 0 Å². The van der Waals surface area contributed by atoms with Crippen LogP contribution in [0.4, 0.5) is 0 Å². The number of nitrogens with one attached hydrogen (secondary N) is 1. The molecule has 3 rings (SSSR count). The smallest absolute Gasteiger partial charge is 0.186 e. The summed E-state index contributed by atoms with van der Waals surface area (Å²) in [6.07, 6.45) is -0.193. The third-order valence-corrected chi connectivity index (χ3v) is 2.80. The number of benzene rings is 1. The quantitative estimate of drug-likeness (QED) is 0.772. The number of ether oxygens (including phenoxy) is 2. The zero-order valence-electron chi connectivity index (χ0n) is 8.62. The fourth-order valence-electron chi connectivity index (χ4n) is 2.13. The van der Waals surface area contributed by atoms with Crippen molar-refractivity contribution in [2.75, 3.05) is 13.2 Å². The standard InChI is InChI=1S/C12H13NO2/c1-8-11(12-14-6-7-15-12)9-4-2-3-5-10(9)13-8/h2-5,12-13H,6-7H2,1H3. The third-order valence-electron chi connectivity index (χ3n) is 2.80. The maximum atomic E-state index is 5.54. The van der Waals surface area contributed by atoms with E-state index in [4.69, 9.17) is 9.47 Å². The minimum absolute atomic E-state index is 0.193. The molecule has 1 aliphatic rings. The Balaban J connectivity index is 2.19. The number of hydrogen-bond donors (Lipinski definition) is 1. The number of aromatic amines is 1. The van der Waals surface area contributed by atoms with Gasteiger partial charge in [0.25, 0.3) is 0 Å². The van der Waals surface area contributed by atoms with E-state index >= 15 is 0 Å². The van der Waals surface area contributed by atoms with Crippen LogP contribution in [0, 0.1) is 6.92 Å². The van der Waals surface area contributed by atoms with Crippen molar-refractivity contribution in [3.05, 3.63) is 35.5 Å². The second-order valence-electron chi connectivity index (χ2n) is 3.78. The summed E-state index contributed by atoms with van der Waals surface area (Å²) in [6, 6.07) is 8.23. The monoisotopic (exact) mass is 203 g/mol. The van der Waals surface area contributed by atoms with Gasteiger partial charge in [-0.1, -0.05) is 18.2 Å². The summed E-state index contributed by atoms with van der Waals surface area (Å²) in [5.41, 5.74) is 3.41. The fourth-order valence-corrected chi connectivity index (χ4v) is 2.13. The molecule has 0 saturated carbocycles. The Morgan fingerprint density at radius 2 is 1.93 bits per heavy atom.